The molecule has 1 aliphatic heterocycles. The summed E-state index contributed by atoms with van der Waals surface area (Å²) < 4.78 is 0. The number of imide groups is 1. The standard InChI is InChI=1S/C26H31N5O2/c1-2-30-18-20(16-27)14-24(30)25(32)31(13-12-19-8-4-3-5-9-19)26(33)29-22-15-21-10-6-7-11-23(21)28-17-22/h3-11,15,17,20,24H,2,12-14,16,18,27H2,1H3,(H,29,33)/t20-,24-/m1/s1. The third-order valence-corrected chi connectivity index (χ3v) is 6.33. The number of carbonyl (C=O) groups is 2. The van der Waals surface area contributed by atoms with E-state index in [4.69, 9.17) is 5.73 Å². The van der Waals surface area contributed by atoms with Crippen LogP contribution in [-0.4, -0.2) is 58.9 Å². The smallest absolute Gasteiger partial charge is 0.328 e. The van der Waals surface area contributed by atoms with Gasteiger partial charge in [-0.2, -0.15) is 0 Å². The Labute approximate surface area is 194 Å². The van der Waals surface area contributed by atoms with Crippen LogP contribution in [0.2, 0.25) is 0 Å². The number of hydrogen-bond donors (Lipinski definition) is 2. The molecule has 172 valence electrons. The molecule has 2 aromatic carbocycles. The molecule has 7 heteroatoms. The maximum atomic E-state index is 13.6. The lowest BCUT2D eigenvalue weighted by molar-refractivity contribution is -0.132. The molecule has 0 aliphatic carbocycles. The second-order valence-electron chi connectivity index (χ2n) is 8.51. The van der Waals surface area contributed by atoms with Crippen LogP contribution in [0.5, 0.6) is 0 Å². The molecule has 3 amide bonds. The molecule has 0 bridgehead atoms. The minimum Gasteiger partial charge on any atom is -0.330 e. The average Bonchev–Trinajstić information content (AvgIpc) is 3.28. The van der Waals surface area contributed by atoms with Gasteiger partial charge in [-0.05, 0) is 49.5 Å². The number of benzene rings is 2. The van der Waals surface area contributed by atoms with Gasteiger partial charge in [-0.1, -0.05) is 55.5 Å². The van der Waals surface area contributed by atoms with Gasteiger partial charge in [0.05, 0.1) is 23.4 Å². The zero-order valence-electron chi connectivity index (χ0n) is 19.0. The van der Waals surface area contributed by atoms with Crippen molar-refractivity contribution in [3.63, 3.8) is 0 Å². The van der Waals surface area contributed by atoms with Gasteiger partial charge in [0.25, 0.3) is 0 Å². The van der Waals surface area contributed by atoms with E-state index in [0.717, 1.165) is 29.6 Å². The summed E-state index contributed by atoms with van der Waals surface area (Å²) in [4.78, 5) is 34.8. The van der Waals surface area contributed by atoms with Crippen molar-refractivity contribution in [3.05, 3.63) is 72.4 Å². The number of hydrogen-bond acceptors (Lipinski definition) is 5. The zero-order chi connectivity index (χ0) is 23.2. The van der Waals surface area contributed by atoms with Crippen LogP contribution >= 0.6 is 0 Å². The highest BCUT2D eigenvalue weighted by Gasteiger charge is 2.39. The predicted molar refractivity (Wildman–Crippen MR) is 131 cm³/mol. The number of nitrogens with zero attached hydrogens (tertiary/aromatic N) is 3. The molecule has 3 aromatic rings. The van der Waals surface area contributed by atoms with Crippen LogP contribution in [0.3, 0.4) is 0 Å². The highest BCUT2D eigenvalue weighted by molar-refractivity contribution is 6.03. The summed E-state index contributed by atoms with van der Waals surface area (Å²) in [6.07, 6.45) is 2.89. The maximum Gasteiger partial charge on any atom is 0.328 e. The lowest BCUT2D eigenvalue weighted by Gasteiger charge is -2.28. The number of rotatable bonds is 7. The molecular weight excluding hydrogens is 414 g/mol. The predicted octanol–water partition coefficient (Wildman–Crippen LogP) is 3.51. The Kier molecular flexibility index (Phi) is 7.32. The second kappa shape index (κ2) is 10.6. The van der Waals surface area contributed by atoms with Crippen molar-refractivity contribution in [1.29, 1.82) is 0 Å². The first-order valence-corrected chi connectivity index (χ1v) is 11.5. The van der Waals surface area contributed by atoms with E-state index in [1.807, 2.05) is 67.6 Å². The Morgan fingerprint density at radius 2 is 1.91 bits per heavy atom. The van der Waals surface area contributed by atoms with Crippen LogP contribution < -0.4 is 11.1 Å². The molecule has 2 atom stereocenters. The first-order valence-electron chi connectivity index (χ1n) is 11.5. The van der Waals surface area contributed by atoms with Gasteiger partial charge in [0.15, 0.2) is 0 Å². The number of pyridine rings is 1. The number of amides is 3. The Morgan fingerprint density at radius 1 is 1.15 bits per heavy atom. The maximum absolute atomic E-state index is 13.6. The SMILES string of the molecule is CCN1C[C@@H](CN)C[C@@H]1C(=O)N(CCc1ccccc1)C(=O)Nc1cnc2ccccc2c1. The molecule has 33 heavy (non-hydrogen) atoms. The number of para-hydroxylation sites is 1. The highest BCUT2D eigenvalue weighted by atomic mass is 16.2. The molecule has 0 spiro atoms. The molecule has 1 saturated heterocycles. The third kappa shape index (κ3) is 5.38. The number of nitrogens with one attached hydrogen (secondary N) is 1. The number of likely N-dealkylation sites (tertiary alicyclic amines) is 1. The summed E-state index contributed by atoms with van der Waals surface area (Å²) in [5.74, 6) is 0.0950. The number of nitrogens with two attached hydrogens (primary N) is 1. The van der Waals surface area contributed by atoms with Crippen LogP contribution in [0.1, 0.15) is 18.9 Å². The quantitative estimate of drug-likeness (QED) is 0.581. The van der Waals surface area contributed by atoms with Crippen molar-refractivity contribution < 1.29 is 9.59 Å². The molecule has 4 rings (SSSR count). The van der Waals surface area contributed by atoms with Gasteiger partial charge in [0.2, 0.25) is 5.91 Å². The molecule has 0 saturated carbocycles. The molecule has 1 fully saturated rings. The largest absolute Gasteiger partial charge is 0.330 e. The first kappa shape index (κ1) is 22.9. The van der Waals surface area contributed by atoms with Gasteiger partial charge in [0, 0.05) is 18.5 Å². The van der Waals surface area contributed by atoms with Crippen molar-refractivity contribution in [2.75, 3.05) is 31.5 Å². The monoisotopic (exact) mass is 445 g/mol. The normalized spacial score (nSPS) is 18.4. The van der Waals surface area contributed by atoms with Crippen LogP contribution in [0, 0.1) is 5.92 Å². The third-order valence-electron chi connectivity index (χ3n) is 6.33. The van der Waals surface area contributed by atoms with Gasteiger partial charge < -0.3 is 11.1 Å². The lowest BCUT2D eigenvalue weighted by Crippen LogP contribution is -2.50. The Morgan fingerprint density at radius 3 is 2.67 bits per heavy atom. The number of urea groups is 1. The minimum atomic E-state index is -0.430. The van der Waals surface area contributed by atoms with Crippen LogP contribution in [-0.2, 0) is 11.2 Å². The van der Waals surface area contributed by atoms with Crippen molar-refractivity contribution in [2.24, 2.45) is 11.7 Å². The summed E-state index contributed by atoms with van der Waals surface area (Å²) in [5.41, 5.74) is 8.39. The summed E-state index contributed by atoms with van der Waals surface area (Å²) in [6, 6.07) is 18.7. The Bertz CT molecular complexity index is 1100. The van der Waals surface area contributed by atoms with E-state index >= 15 is 0 Å². The molecule has 2 heterocycles. The molecular formula is C26H31N5O2. The van der Waals surface area contributed by atoms with Gasteiger partial charge in [0.1, 0.15) is 0 Å². The van der Waals surface area contributed by atoms with E-state index in [0.29, 0.717) is 31.6 Å². The Hall–Kier alpha value is -3.29. The fourth-order valence-electron chi connectivity index (χ4n) is 4.48. The van der Waals surface area contributed by atoms with E-state index < -0.39 is 6.03 Å². The number of aromatic nitrogens is 1. The molecule has 3 N–H and O–H groups in total. The number of carbonyl (C=O) groups excluding carboxylic acids is 2. The fraction of sp³-hybridized carbons (Fsp3) is 0.346. The average molecular weight is 446 g/mol. The van der Waals surface area contributed by atoms with Gasteiger partial charge in [-0.25, -0.2) is 4.79 Å². The van der Waals surface area contributed by atoms with Gasteiger partial charge >= 0.3 is 6.03 Å². The fourth-order valence-corrected chi connectivity index (χ4v) is 4.48. The highest BCUT2D eigenvalue weighted by Crippen LogP contribution is 2.25. The van der Waals surface area contributed by atoms with Crippen molar-refractivity contribution in [2.45, 2.75) is 25.8 Å². The van der Waals surface area contributed by atoms with E-state index in [-0.39, 0.29) is 17.9 Å². The zero-order valence-corrected chi connectivity index (χ0v) is 19.0. The lowest BCUT2D eigenvalue weighted by atomic mass is 10.0. The van der Waals surface area contributed by atoms with E-state index in [1.54, 1.807) is 6.20 Å². The molecule has 0 unspecified atom stereocenters. The topological polar surface area (TPSA) is 91.6 Å². The Balaban J connectivity index is 1.55. The first-order chi connectivity index (χ1) is 16.1. The number of likely N-dealkylation sites (N-methyl/N-ethyl adjacent to an activating group) is 1. The van der Waals surface area contributed by atoms with Crippen molar-refractivity contribution in [1.82, 2.24) is 14.8 Å². The van der Waals surface area contributed by atoms with E-state index in [2.05, 4.69) is 15.2 Å². The summed E-state index contributed by atoms with van der Waals surface area (Å²) in [7, 11) is 0. The van der Waals surface area contributed by atoms with E-state index in [1.165, 1.54) is 4.90 Å². The number of fused-ring (bicyclic) bond motifs is 1. The molecule has 7 nitrogen and oxygen atoms in total. The van der Waals surface area contributed by atoms with Crippen molar-refractivity contribution in [3.8, 4) is 0 Å². The van der Waals surface area contributed by atoms with Crippen LogP contribution in [0.15, 0.2) is 66.9 Å². The summed E-state index contributed by atoms with van der Waals surface area (Å²) in [6.45, 7) is 4.41. The van der Waals surface area contributed by atoms with Crippen LogP contribution in [0.4, 0.5) is 10.5 Å². The summed E-state index contributed by atoms with van der Waals surface area (Å²) >= 11 is 0. The molecule has 1 aliphatic rings. The minimum absolute atomic E-state index is 0.171. The van der Waals surface area contributed by atoms with Gasteiger partial charge in [-0.15, -0.1) is 0 Å². The summed E-state index contributed by atoms with van der Waals surface area (Å²) in [5, 5.41) is 3.82. The number of anilines is 1. The second-order valence-corrected chi connectivity index (χ2v) is 8.51. The van der Waals surface area contributed by atoms with Crippen molar-refractivity contribution >= 4 is 28.5 Å². The molecule has 1 aromatic heterocycles. The van der Waals surface area contributed by atoms with Crippen LogP contribution in [0.25, 0.3) is 10.9 Å². The molecule has 0 radical (unpaired) electrons. The van der Waals surface area contributed by atoms with E-state index in [9.17, 15) is 9.59 Å². The van der Waals surface area contributed by atoms with Gasteiger partial charge in [-0.3, -0.25) is 19.6 Å².